The zero-order chi connectivity index (χ0) is 30.5. The van der Waals surface area contributed by atoms with Crippen LogP contribution in [0.1, 0.15) is 194 Å². The Bertz CT molecular complexity index is 582. The molecular formula is C40H74O3. The fourth-order valence-corrected chi connectivity index (χ4v) is 6.47. The SMILES string of the molecule is CCCCCCCC/C=C\CCC(CCCCC1CCO1)OC(CC/C=C\CCCCCCCC)CCCCC1CCO1. The highest BCUT2D eigenvalue weighted by molar-refractivity contribution is 4.85. The van der Waals surface area contributed by atoms with E-state index in [2.05, 4.69) is 38.2 Å². The second-order valence-corrected chi connectivity index (χ2v) is 13.7. The Kier molecular flexibility index (Phi) is 25.8. The topological polar surface area (TPSA) is 27.7 Å². The summed E-state index contributed by atoms with van der Waals surface area (Å²) >= 11 is 0. The highest BCUT2D eigenvalue weighted by Crippen LogP contribution is 2.24. The number of rotatable bonds is 32. The first-order chi connectivity index (χ1) is 21.3. The van der Waals surface area contributed by atoms with E-state index in [1.165, 1.54) is 167 Å². The van der Waals surface area contributed by atoms with Crippen LogP contribution in [0.3, 0.4) is 0 Å². The molecule has 43 heavy (non-hydrogen) atoms. The second kappa shape index (κ2) is 28.8. The van der Waals surface area contributed by atoms with Gasteiger partial charge in [-0.2, -0.15) is 0 Å². The van der Waals surface area contributed by atoms with E-state index in [1.54, 1.807) is 0 Å². The van der Waals surface area contributed by atoms with Crippen molar-refractivity contribution in [3.8, 4) is 0 Å². The second-order valence-electron chi connectivity index (χ2n) is 13.7. The van der Waals surface area contributed by atoms with Gasteiger partial charge in [0.15, 0.2) is 0 Å². The molecule has 0 aromatic rings. The third-order valence-corrected chi connectivity index (χ3v) is 9.67. The van der Waals surface area contributed by atoms with E-state index in [9.17, 15) is 0 Å². The zero-order valence-electron chi connectivity index (χ0n) is 29.1. The van der Waals surface area contributed by atoms with Gasteiger partial charge in [0, 0.05) is 13.2 Å². The van der Waals surface area contributed by atoms with E-state index in [0.717, 1.165) is 26.1 Å². The van der Waals surface area contributed by atoms with Gasteiger partial charge in [-0.05, 0) is 89.9 Å². The smallest absolute Gasteiger partial charge is 0.0597 e. The fourth-order valence-electron chi connectivity index (χ4n) is 6.47. The first kappa shape index (κ1) is 38.5. The standard InChI is InChI=1S/C40H74O3/c1-3-5-7-9-11-13-15-17-19-21-29-39(31-25-23-27-37-33-35-41-37)43-40(32-26-24-28-38-34-36-42-38)30-22-20-18-16-14-12-10-8-6-4-2/h17-20,37-40H,3-16,21-36H2,1-2H3/b19-17-,20-18-. The summed E-state index contributed by atoms with van der Waals surface area (Å²) in [4.78, 5) is 0. The fraction of sp³-hybridized carbons (Fsp3) is 0.900. The third kappa shape index (κ3) is 22.5. The van der Waals surface area contributed by atoms with E-state index in [0.29, 0.717) is 24.4 Å². The minimum Gasteiger partial charge on any atom is -0.378 e. The lowest BCUT2D eigenvalue weighted by Crippen LogP contribution is -2.27. The van der Waals surface area contributed by atoms with Gasteiger partial charge in [-0.15, -0.1) is 0 Å². The molecule has 4 atom stereocenters. The quantitative estimate of drug-likeness (QED) is 0.0566. The molecule has 2 aliphatic heterocycles. The van der Waals surface area contributed by atoms with E-state index in [4.69, 9.17) is 14.2 Å². The molecule has 3 nitrogen and oxygen atoms in total. The first-order valence-electron chi connectivity index (χ1n) is 19.5. The van der Waals surface area contributed by atoms with Crippen LogP contribution in [-0.4, -0.2) is 37.6 Å². The molecule has 0 amide bonds. The molecule has 2 heterocycles. The Morgan fingerprint density at radius 2 is 0.884 bits per heavy atom. The van der Waals surface area contributed by atoms with Crippen LogP contribution >= 0.6 is 0 Å². The summed E-state index contributed by atoms with van der Waals surface area (Å²) in [6.45, 7) is 6.55. The van der Waals surface area contributed by atoms with Gasteiger partial charge in [-0.3, -0.25) is 0 Å². The molecule has 0 aliphatic carbocycles. The predicted molar refractivity (Wildman–Crippen MR) is 187 cm³/mol. The molecule has 2 aliphatic rings. The zero-order valence-corrected chi connectivity index (χ0v) is 29.1. The molecule has 0 spiro atoms. The van der Waals surface area contributed by atoms with Crippen molar-refractivity contribution < 1.29 is 14.2 Å². The summed E-state index contributed by atoms with van der Waals surface area (Å²) in [6, 6.07) is 0. The third-order valence-electron chi connectivity index (χ3n) is 9.67. The van der Waals surface area contributed by atoms with Gasteiger partial charge in [0.05, 0.1) is 24.4 Å². The van der Waals surface area contributed by atoms with Gasteiger partial charge in [-0.25, -0.2) is 0 Å². The highest BCUT2D eigenvalue weighted by Gasteiger charge is 2.20. The van der Waals surface area contributed by atoms with Gasteiger partial charge in [0.25, 0.3) is 0 Å². The van der Waals surface area contributed by atoms with Crippen LogP contribution in [0.15, 0.2) is 24.3 Å². The summed E-state index contributed by atoms with van der Waals surface area (Å²) in [7, 11) is 0. The summed E-state index contributed by atoms with van der Waals surface area (Å²) in [6.07, 6.45) is 48.0. The van der Waals surface area contributed by atoms with Crippen molar-refractivity contribution in [2.45, 2.75) is 218 Å². The Balaban J connectivity index is 1.75. The molecular weight excluding hydrogens is 528 g/mol. The summed E-state index contributed by atoms with van der Waals surface area (Å²) in [5, 5.41) is 0. The van der Waals surface area contributed by atoms with Crippen molar-refractivity contribution in [2.75, 3.05) is 13.2 Å². The molecule has 0 bridgehead atoms. The van der Waals surface area contributed by atoms with E-state index in [-0.39, 0.29) is 0 Å². The molecule has 252 valence electrons. The van der Waals surface area contributed by atoms with Crippen LogP contribution in [0.4, 0.5) is 0 Å². The van der Waals surface area contributed by atoms with Crippen molar-refractivity contribution in [3.05, 3.63) is 24.3 Å². The van der Waals surface area contributed by atoms with E-state index >= 15 is 0 Å². The minimum absolute atomic E-state index is 0.396. The van der Waals surface area contributed by atoms with Crippen molar-refractivity contribution in [1.82, 2.24) is 0 Å². The Hall–Kier alpha value is -0.640. The van der Waals surface area contributed by atoms with Crippen molar-refractivity contribution in [1.29, 1.82) is 0 Å². The van der Waals surface area contributed by atoms with E-state index < -0.39 is 0 Å². The van der Waals surface area contributed by atoms with Crippen molar-refractivity contribution >= 4 is 0 Å². The molecule has 2 fully saturated rings. The molecule has 0 aromatic carbocycles. The van der Waals surface area contributed by atoms with Crippen molar-refractivity contribution in [2.24, 2.45) is 0 Å². The lowest BCUT2D eigenvalue weighted by molar-refractivity contribution is -0.0589. The lowest BCUT2D eigenvalue weighted by atomic mass is 9.99. The maximum Gasteiger partial charge on any atom is 0.0597 e. The van der Waals surface area contributed by atoms with Gasteiger partial charge in [0.2, 0.25) is 0 Å². The van der Waals surface area contributed by atoms with Crippen LogP contribution in [-0.2, 0) is 14.2 Å². The maximum absolute atomic E-state index is 6.98. The molecule has 0 saturated carbocycles. The molecule has 0 radical (unpaired) electrons. The van der Waals surface area contributed by atoms with E-state index in [1.807, 2.05) is 0 Å². The van der Waals surface area contributed by atoms with Crippen LogP contribution in [0.5, 0.6) is 0 Å². The Morgan fingerprint density at radius 1 is 0.488 bits per heavy atom. The monoisotopic (exact) mass is 603 g/mol. The van der Waals surface area contributed by atoms with Gasteiger partial charge >= 0.3 is 0 Å². The molecule has 2 rings (SSSR count). The average molecular weight is 603 g/mol. The number of hydrogen-bond donors (Lipinski definition) is 0. The molecule has 3 heteroatoms. The van der Waals surface area contributed by atoms with Gasteiger partial charge in [-0.1, -0.05) is 128 Å². The Labute approximate surface area is 269 Å². The van der Waals surface area contributed by atoms with Crippen LogP contribution in [0.2, 0.25) is 0 Å². The van der Waals surface area contributed by atoms with Crippen LogP contribution in [0.25, 0.3) is 0 Å². The first-order valence-corrected chi connectivity index (χ1v) is 19.5. The molecule has 0 N–H and O–H groups in total. The molecule has 4 unspecified atom stereocenters. The summed E-state index contributed by atoms with van der Waals surface area (Å²) < 4.78 is 18.3. The van der Waals surface area contributed by atoms with Gasteiger partial charge in [0.1, 0.15) is 0 Å². The summed E-state index contributed by atoms with van der Waals surface area (Å²) in [5.41, 5.74) is 0. The lowest BCUT2D eigenvalue weighted by Gasteiger charge is -2.28. The number of ether oxygens (including phenoxy) is 3. The average Bonchev–Trinajstić information content (AvgIpc) is 2.96. The number of hydrogen-bond acceptors (Lipinski definition) is 3. The van der Waals surface area contributed by atoms with Crippen molar-refractivity contribution in [3.63, 3.8) is 0 Å². The number of unbranched alkanes of at least 4 members (excludes halogenated alkanes) is 14. The predicted octanol–water partition coefficient (Wildman–Crippen LogP) is 12.6. The van der Waals surface area contributed by atoms with Crippen LogP contribution < -0.4 is 0 Å². The normalized spacial score (nSPS) is 20.0. The maximum atomic E-state index is 6.98. The molecule has 2 saturated heterocycles. The highest BCUT2D eigenvalue weighted by atomic mass is 16.5. The molecule has 0 aromatic heterocycles. The minimum atomic E-state index is 0.396. The Morgan fingerprint density at radius 3 is 1.28 bits per heavy atom. The van der Waals surface area contributed by atoms with Crippen LogP contribution in [0, 0.1) is 0 Å². The van der Waals surface area contributed by atoms with Gasteiger partial charge < -0.3 is 14.2 Å². The summed E-state index contributed by atoms with van der Waals surface area (Å²) in [5.74, 6) is 0. The number of allylic oxidation sites excluding steroid dienone is 4. The largest absolute Gasteiger partial charge is 0.378 e.